The Kier molecular flexibility index (Phi) is 5.97. The first-order valence-corrected chi connectivity index (χ1v) is 9.18. The number of nitrogens with one attached hydrogen (secondary N) is 1. The van der Waals surface area contributed by atoms with E-state index >= 15 is 0 Å². The zero-order chi connectivity index (χ0) is 16.7. The monoisotopic (exact) mass is 340 g/mol. The molecule has 1 fully saturated rings. The molecule has 1 N–H and O–H groups in total. The molecule has 0 bridgehead atoms. The molecule has 8 heteroatoms. The van der Waals surface area contributed by atoms with Crippen LogP contribution in [0, 0.1) is 0 Å². The van der Waals surface area contributed by atoms with Gasteiger partial charge in [0.05, 0.1) is 24.3 Å². The van der Waals surface area contributed by atoms with Crippen LogP contribution < -0.4 is 10.1 Å². The van der Waals surface area contributed by atoms with Gasteiger partial charge >= 0.3 is 0 Å². The Morgan fingerprint density at radius 3 is 2.74 bits per heavy atom. The number of carbonyl (C=O) groups excluding carboxylic acids is 1. The van der Waals surface area contributed by atoms with Gasteiger partial charge in [0.2, 0.25) is 0 Å². The van der Waals surface area contributed by atoms with E-state index in [4.69, 9.17) is 9.57 Å². The molecular formula is C15H20N2O5S. The normalized spacial score (nSPS) is 19.6. The average Bonchev–Trinajstić information content (AvgIpc) is 2.84. The molecule has 0 radical (unpaired) electrons. The van der Waals surface area contributed by atoms with Crippen LogP contribution in [0.1, 0.15) is 18.9 Å². The Hall–Kier alpha value is -2.09. The molecule has 1 aliphatic rings. The second-order valence-corrected chi connectivity index (χ2v) is 7.41. The van der Waals surface area contributed by atoms with E-state index in [0.29, 0.717) is 13.0 Å². The first kappa shape index (κ1) is 17.3. The fourth-order valence-corrected chi connectivity index (χ4v) is 3.86. The number of hydrogen-bond donors (Lipinski definition) is 1. The lowest BCUT2D eigenvalue weighted by atomic mass is 10.2. The minimum atomic E-state index is -3.01. The number of rotatable bonds is 7. The summed E-state index contributed by atoms with van der Waals surface area (Å²) >= 11 is 0. The standard InChI is InChI=1S/C15H20N2O5S/c1-2-21-14-5-3-12(4-6-14)9-16-22-10-15(18)17-13-7-8-23(19,20)11-13/h3-6,9,13H,2,7-8,10-11H2,1H3,(H,17,18)/b16-9-/t13-/m0/s1. The fraction of sp³-hybridized carbons (Fsp3) is 0.467. The van der Waals surface area contributed by atoms with Crippen LogP contribution in [-0.4, -0.2) is 51.3 Å². The molecule has 1 atom stereocenters. The predicted molar refractivity (Wildman–Crippen MR) is 86.4 cm³/mol. The van der Waals surface area contributed by atoms with E-state index in [1.807, 2.05) is 31.2 Å². The van der Waals surface area contributed by atoms with E-state index in [1.165, 1.54) is 6.21 Å². The zero-order valence-corrected chi connectivity index (χ0v) is 13.7. The molecule has 0 aliphatic carbocycles. The van der Waals surface area contributed by atoms with Crippen molar-refractivity contribution in [1.82, 2.24) is 5.32 Å². The molecule has 1 aliphatic heterocycles. The van der Waals surface area contributed by atoms with Crippen LogP contribution in [0.25, 0.3) is 0 Å². The maximum absolute atomic E-state index is 11.6. The Balaban J connectivity index is 1.70. The van der Waals surface area contributed by atoms with Crippen LogP contribution >= 0.6 is 0 Å². The molecule has 1 aromatic carbocycles. The largest absolute Gasteiger partial charge is 0.494 e. The van der Waals surface area contributed by atoms with Gasteiger partial charge in [-0.1, -0.05) is 5.16 Å². The Labute approximate surface area is 135 Å². The van der Waals surface area contributed by atoms with Crippen molar-refractivity contribution in [1.29, 1.82) is 0 Å². The quantitative estimate of drug-likeness (QED) is 0.583. The summed E-state index contributed by atoms with van der Waals surface area (Å²) in [5.41, 5.74) is 0.816. The summed E-state index contributed by atoms with van der Waals surface area (Å²) < 4.78 is 27.9. The van der Waals surface area contributed by atoms with Crippen LogP contribution in [-0.2, 0) is 19.5 Å². The Morgan fingerprint density at radius 2 is 2.13 bits per heavy atom. The number of oxime groups is 1. The number of amides is 1. The van der Waals surface area contributed by atoms with Crippen molar-refractivity contribution >= 4 is 22.0 Å². The maximum atomic E-state index is 11.6. The molecule has 23 heavy (non-hydrogen) atoms. The third kappa shape index (κ3) is 5.90. The van der Waals surface area contributed by atoms with E-state index in [9.17, 15) is 13.2 Å². The van der Waals surface area contributed by atoms with Crippen molar-refractivity contribution in [2.24, 2.45) is 5.16 Å². The van der Waals surface area contributed by atoms with Crippen LogP contribution in [0.2, 0.25) is 0 Å². The van der Waals surface area contributed by atoms with E-state index < -0.39 is 9.84 Å². The van der Waals surface area contributed by atoms with Crippen molar-refractivity contribution in [2.75, 3.05) is 24.7 Å². The van der Waals surface area contributed by atoms with Gasteiger partial charge < -0.3 is 14.9 Å². The number of carbonyl (C=O) groups is 1. The Morgan fingerprint density at radius 1 is 1.39 bits per heavy atom. The van der Waals surface area contributed by atoms with Crippen LogP contribution in [0.3, 0.4) is 0 Å². The minimum absolute atomic E-state index is 0.00577. The molecular weight excluding hydrogens is 320 g/mol. The molecule has 1 aromatic rings. The highest BCUT2D eigenvalue weighted by atomic mass is 32.2. The smallest absolute Gasteiger partial charge is 0.261 e. The van der Waals surface area contributed by atoms with Crippen molar-refractivity contribution in [3.05, 3.63) is 29.8 Å². The summed E-state index contributed by atoms with van der Waals surface area (Å²) in [7, 11) is -3.01. The number of hydrogen-bond acceptors (Lipinski definition) is 6. The third-order valence-corrected chi connectivity index (χ3v) is 5.03. The second kappa shape index (κ2) is 7.96. The number of nitrogens with zero attached hydrogens (tertiary/aromatic N) is 1. The van der Waals surface area contributed by atoms with Gasteiger partial charge in [0, 0.05) is 6.04 Å². The Bertz CT molecular complexity index is 655. The van der Waals surface area contributed by atoms with E-state index in [1.54, 1.807) is 0 Å². The van der Waals surface area contributed by atoms with E-state index in [2.05, 4.69) is 10.5 Å². The molecule has 0 saturated carbocycles. The highest BCUT2D eigenvalue weighted by molar-refractivity contribution is 7.91. The summed E-state index contributed by atoms with van der Waals surface area (Å²) in [5, 5.41) is 6.34. The molecule has 2 rings (SSSR count). The van der Waals surface area contributed by atoms with Gasteiger partial charge in [-0.3, -0.25) is 4.79 Å². The number of sulfone groups is 1. The summed E-state index contributed by atoms with van der Waals surface area (Å²) in [5.74, 6) is 0.510. The van der Waals surface area contributed by atoms with Gasteiger partial charge in [-0.25, -0.2) is 8.42 Å². The van der Waals surface area contributed by atoms with Crippen LogP contribution in [0.5, 0.6) is 5.75 Å². The summed E-state index contributed by atoms with van der Waals surface area (Å²) in [4.78, 5) is 16.5. The number of ether oxygens (including phenoxy) is 1. The van der Waals surface area contributed by atoms with Gasteiger partial charge in [0.15, 0.2) is 16.4 Å². The van der Waals surface area contributed by atoms with Gasteiger partial charge in [0.25, 0.3) is 5.91 Å². The third-order valence-electron chi connectivity index (χ3n) is 3.26. The molecule has 1 amide bonds. The van der Waals surface area contributed by atoms with Gasteiger partial charge in [-0.2, -0.15) is 0 Å². The summed E-state index contributed by atoms with van der Waals surface area (Å²) in [6.45, 7) is 2.27. The SMILES string of the molecule is CCOc1ccc(/C=N\OCC(=O)N[C@H]2CCS(=O)(=O)C2)cc1. The van der Waals surface area contributed by atoms with E-state index in [0.717, 1.165) is 11.3 Å². The van der Waals surface area contributed by atoms with Gasteiger partial charge in [0.1, 0.15) is 5.75 Å². The van der Waals surface area contributed by atoms with Gasteiger partial charge in [-0.15, -0.1) is 0 Å². The minimum Gasteiger partial charge on any atom is -0.494 e. The first-order chi connectivity index (χ1) is 11.0. The zero-order valence-electron chi connectivity index (χ0n) is 12.9. The molecule has 1 saturated heterocycles. The number of benzene rings is 1. The van der Waals surface area contributed by atoms with E-state index in [-0.39, 0.29) is 30.1 Å². The topological polar surface area (TPSA) is 94.1 Å². The van der Waals surface area contributed by atoms with Crippen molar-refractivity contribution in [3.8, 4) is 5.75 Å². The second-order valence-electron chi connectivity index (χ2n) is 5.18. The predicted octanol–water partition coefficient (Wildman–Crippen LogP) is 0.739. The molecule has 0 unspecified atom stereocenters. The average molecular weight is 340 g/mol. The molecule has 1 heterocycles. The molecule has 0 aromatic heterocycles. The lowest BCUT2D eigenvalue weighted by Gasteiger charge is -2.09. The molecule has 126 valence electrons. The van der Waals surface area contributed by atoms with Crippen molar-refractivity contribution in [2.45, 2.75) is 19.4 Å². The lowest BCUT2D eigenvalue weighted by Crippen LogP contribution is -2.37. The maximum Gasteiger partial charge on any atom is 0.261 e. The van der Waals surface area contributed by atoms with Crippen LogP contribution in [0.15, 0.2) is 29.4 Å². The highest BCUT2D eigenvalue weighted by Crippen LogP contribution is 2.11. The first-order valence-electron chi connectivity index (χ1n) is 7.36. The highest BCUT2D eigenvalue weighted by Gasteiger charge is 2.28. The summed E-state index contributed by atoms with van der Waals surface area (Å²) in [6.07, 6.45) is 1.94. The summed E-state index contributed by atoms with van der Waals surface area (Å²) in [6, 6.07) is 6.95. The fourth-order valence-electron chi connectivity index (χ4n) is 2.19. The van der Waals surface area contributed by atoms with Crippen molar-refractivity contribution < 1.29 is 22.8 Å². The molecule has 7 nitrogen and oxygen atoms in total. The van der Waals surface area contributed by atoms with Crippen molar-refractivity contribution in [3.63, 3.8) is 0 Å². The molecule has 0 spiro atoms. The van der Waals surface area contributed by atoms with Crippen LogP contribution in [0.4, 0.5) is 0 Å². The van der Waals surface area contributed by atoms with Gasteiger partial charge in [-0.05, 0) is 43.2 Å². The lowest BCUT2D eigenvalue weighted by molar-refractivity contribution is -0.126.